The molecule has 2 rings (SSSR count). The number of carbonyl (C=O) groups excluding carboxylic acids is 1. The summed E-state index contributed by atoms with van der Waals surface area (Å²) in [6, 6.07) is 16.8. The van der Waals surface area contributed by atoms with Gasteiger partial charge in [-0.25, -0.2) is 17.9 Å². The molecular weight excluding hydrogens is 388 g/mol. The average molecular weight is 417 g/mol. The molecule has 2 aromatic rings. The summed E-state index contributed by atoms with van der Waals surface area (Å²) in [7, 11) is -3.57. The fourth-order valence-corrected chi connectivity index (χ4v) is 3.32. The molecule has 1 amide bonds. The third kappa shape index (κ3) is 8.93. The van der Waals surface area contributed by atoms with Crippen molar-refractivity contribution in [1.82, 2.24) is 10.0 Å². The van der Waals surface area contributed by atoms with Gasteiger partial charge in [0.15, 0.2) is 0 Å². The van der Waals surface area contributed by atoms with Crippen LogP contribution in [0.4, 0.5) is 4.79 Å². The summed E-state index contributed by atoms with van der Waals surface area (Å²) in [4.78, 5) is 11.7. The van der Waals surface area contributed by atoms with Crippen LogP contribution in [0.5, 0.6) is 0 Å². The van der Waals surface area contributed by atoms with E-state index in [4.69, 9.17) is 4.74 Å². The van der Waals surface area contributed by atoms with Crippen LogP contribution in [-0.2, 0) is 27.7 Å². The highest BCUT2D eigenvalue weighted by molar-refractivity contribution is 7.92. The normalized spacial score (nSPS) is 12.1. The van der Waals surface area contributed by atoms with Crippen LogP contribution in [0.2, 0.25) is 0 Å². The minimum absolute atomic E-state index is 0.231. The summed E-state index contributed by atoms with van der Waals surface area (Å²) < 4.78 is 32.3. The molecule has 0 saturated carbocycles. The monoisotopic (exact) mass is 416 g/mol. The van der Waals surface area contributed by atoms with Crippen LogP contribution in [0.15, 0.2) is 60.0 Å². The summed E-state index contributed by atoms with van der Waals surface area (Å²) in [6.07, 6.45) is 1.64. The van der Waals surface area contributed by atoms with Crippen LogP contribution in [0.25, 0.3) is 6.08 Å². The van der Waals surface area contributed by atoms with E-state index in [1.54, 1.807) is 26.8 Å². The van der Waals surface area contributed by atoms with Crippen molar-refractivity contribution in [2.45, 2.75) is 39.3 Å². The third-order valence-corrected chi connectivity index (χ3v) is 4.91. The quantitative estimate of drug-likeness (QED) is 0.685. The number of hydrogen-bond donors (Lipinski definition) is 2. The van der Waals surface area contributed by atoms with Crippen molar-refractivity contribution in [3.63, 3.8) is 0 Å². The second kappa shape index (κ2) is 10.2. The number of benzene rings is 2. The Labute approximate surface area is 173 Å². The highest BCUT2D eigenvalue weighted by Crippen LogP contribution is 2.13. The number of amides is 1. The fraction of sp³-hybridized carbons (Fsp3) is 0.318. The van der Waals surface area contributed by atoms with Crippen molar-refractivity contribution in [3.8, 4) is 0 Å². The average Bonchev–Trinajstić information content (AvgIpc) is 2.65. The van der Waals surface area contributed by atoms with E-state index in [9.17, 15) is 13.2 Å². The maximum absolute atomic E-state index is 12.3. The minimum Gasteiger partial charge on any atom is -0.444 e. The van der Waals surface area contributed by atoms with Gasteiger partial charge in [0, 0.05) is 18.5 Å². The molecule has 2 N–H and O–H groups in total. The van der Waals surface area contributed by atoms with Crippen LogP contribution in [-0.4, -0.2) is 26.7 Å². The van der Waals surface area contributed by atoms with Crippen LogP contribution >= 0.6 is 0 Å². The fourth-order valence-electron chi connectivity index (χ4n) is 2.53. The molecular formula is C22H28N2O4S. The Morgan fingerprint density at radius 2 is 1.69 bits per heavy atom. The van der Waals surface area contributed by atoms with E-state index in [2.05, 4.69) is 10.0 Å². The van der Waals surface area contributed by atoms with E-state index in [1.807, 2.05) is 54.6 Å². The lowest BCUT2D eigenvalue weighted by molar-refractivity contribution is 0.0528. The molecule has 0 heterocycles. The molecule has 0 saturated heterocycles. The molecule has 0 aliphatic heterocycles. The first-order valence-electron chi connectivity index (χ1n) is 9.41. The predicted molar refractivity (Wildman–Crippen MR) is 116 cm³/mol. The van der Waals surface area contributed by atoms with Crippen molar-refractivity contribution < 1.29 is 17.9 Å². The number of sulfonamides is 1. The molecule has 0 bridgehead atoms. The number of carbonyl (C=O) groups is 1. The van der Waals surface area contributed by atoms with E-state index in [0.717, 1.165) is 22.1 Å². The van der Waals surface area contributed by atoms with E-state index >= 15 is 0 Å². The first kappa shape index (κ1) is 22.6. The van der Waals surface area contributed by atoms with Crippen LogP contribution < -0.4 is 10.0 Å². The lowest BCUT2D eigenvalue weighted by Gasteiger charge is -2.19. The predicted octanol–water partition coefficient (Wildman–Crippen LogP) is 3.84. The zero-order chi connectivity index (χ0) is 21.3. The largest absolute Gasteiger partial charge is 0.444 e. The summed E-state index contributed by atoms with van der Waals surface area (Å²) in [5.41, 5.74) is 2.05. The van der Waals surface area contributed by atoms with Gasteiger partial charge in [0.05, 0.1) is 0 Å². The Kier molecular flexibility index (Phi) is 7.99. The Bertz CT molecular complexity index is 933. The van der Waals surface area contributed by atoms with Crippen LogP contribution in [0.3, 0.4) is 0 Å². The molecule has 7 heteroatoms. The Hall–Kier alpha value is -2.64. The molecule has 0 spiro atoms. The number of nitrogens with one attached hydrogen (secondary N) is 2. The maximum atomic E-state index is 12.3. The van der Waals surface area contributed by atoms with Crippen molar-refractivity contribution in [2.75, 3.05) is 6.54 Å². The first-order valence-corrected chi connectivity index (χ1v) is 11.0. The molecule has 29 heavy (non-hydrogen) atoms. The van der Waals surface area contributed by atoms with Gasteiger partial charge in [-0.05, 0) is 50.0 Å². The standard InChI is InChI=1S/C22H28N2O4S/c1-22(2,3)28-21(25)23-15-13-19-11-7-8-12-20(19)14-16-29(26,27)24-17-18-9-5-4-6-10-18/h4-12,14,16,24H,13,15,17H2,1-3H3,(H,23,25)/b16-14+. The van der Waals surface area contributed by atoms with Crippen LogP contribution in [0.1, 0.15) is 37.5 Å². The second-order valence-corrected chi connectivity index (χ2v) is 9.18. The smallest absolute Gasteiger partial charge is 0.407 e. The number of rotatable bonds is 8. The number of hydrogen-bond acceptors (Lipinski definition) is 4. The van der Waals surface area contributed by atoms with Gasteiger partial charge in [-0.15, -0.1) is 0 Å². The molecule has 0 aromatic heterocycles. The molecule has 0 atom stereocenters. The van der Waals surface area contributed by atoms with Gasteiger partial charge < -0.3 is 10.1 Å². The van der Waals surface area contributed by atoms with Gasteiger partial charge in [-0.1, -0.05) is 54.6 Å². The zero-order valence-corrected chi connectivity index (χ0v) is 17.8. The first-order chi connectivity index (χ1) is 13.6. The van der Waals surface area contributed by atoms with Gasteiger partial charge in [-0.2, -0.15) is 0 Å². The topological polar surface area (TPSA) is 84.5 Å². The van der Waals surface area contributed by atoms with Crippen molar-refractivity contribution >= 4 is 22.2 Å². The van der Waals surface area contributed by atoms with Gasteiger partial charge in [0.1, 0.15) is 5.60 Å². The SMILES string of the molecule is CC(C)(C)OC(=O)NCCc1ccccc1/C=C/S(=O)(=O)NCc1ccccc1. The molecule has 0 radical (unpaired) electrons. The highest BCUT2D eigenvalue weighted by Gasteiger charge is 2.15. The van der Waals surface area contributed by atoms with E-state index in [-0.39, 0.29) is 6.54 Å². The Balaban J connectivity index is 1.94. The van der Waals surface area contributed by atoms with Crippen LogP contribution in [0, 0.1) is 0 Å². The van der Waals surface area contributed by atoms with Crippen molar-refractivity contribution in [3.05, 3.63) is 76.7 Å². The Morgan fingerprint density at radius 1 is 1.03 bits per heavy atom. The lowest BCUT2D eigenvalue weighted by atomic mass is 10.0. The number of alkyl carbamates (subject to hydrolysis) is 1. The molecule has 0 aliphatic carbocycles. The van der Waals surface area contributed by atoms with Gasteiger partial charge in [-0.3, -0.25) is 0 Å². The summed E-state index contributed by atoms with van der Waals surface area (Å²) >= 11 is 0. The lowest BCUT2D eigenvalue weighted by Crippen LogP contribution is -2.33. The van der Waals surface area contributed by atoms with Crippen molar-refractivity contribution in [2.24, 2.45) is 0 Å². The van der Waals surface area contributed by atoms with Gasteiger partial charge >= 0.3 is 6.09 Å². The zero-order valence-electron chi connectivity index (χ0n) is 17.0. The second-order valence-electron chi connectivity index (χ2n) is 7.53. The third-order valence-electron chi connectivity index (χ3n) is 3.86. The molecule has 0 fully saturated rings. The summed E-state index contributed by atoms with van der Waals surface area (Å²) in [5.74, 6) is 0. The number of ether oxygens (including phenoxy) is 1. The van der Waals surface area contributed by atoms with E-state index < -0.39 is 21.7 Å². The summed E-state index contributed by atoms with van der Waals surface area (Å²) in [5, 5.41) is 3.87. The summed E-state index contributed by atoms with van der Waals surface area (Å²) in [6.45, 7) is 6.03. The molecule has 0 aliphatic rings. The van der Waals surface area contributed by atoms with Crippen molar-refractivity contribution in [1.29, 1.82) is 0 Å². The van der Waals surface area contributed by atoms with Gasteiger partial charge in [0.2, 0.25) is 10.0 Å². The Morgan fingerprint density at radius 3 is 2.38 bits per heavy atom. The van der Waals surface area contributed by atoms with E-state index in [0.29, 0.717) is 13.0 Å². The molecule has 2 aromatic carbocycles. The molecule has 6 nitrogen and oxygen atoms in total. The molecule has 156 valence electrons. The van der Waals surface area contributed by atoms with Gasteiger partial charge in [0.25, 0.3) is 0 Å². The minimum atomic E-state index is -3.57. The highest BCUT2D eigenvalue weighted by atomic mass is 32.2. The van der Waals surface area contributed by atoms with E-state index in [1.165, 1.54) is 0 Å². The molecule has 0 unspecified atom stereocenters. The maximum Gasteiger partial charge on any atom is 0.407 e.